The van der Waals surface area contributed by atoms with E-state index < -0.39 is 0 Å². The van der Waals surface area contributed by atoms with Crippen molar-refractivity contribution < 1.29 is 13.6 Å². The molecule has 146 valence electrons. The number of rotatable bonds is 6. The smallest absolute Gasteiger partial charge is 0.243 e. The number of aromatic nitrogens is 3. The van der Waals surface area contributed by atoms with Crippen molar-refractivity contribution in [1.29, 1.82) is 0 Å². The Balaban J connectivity index is 1.45. The number of oxazole rings is 1. The summed E-state index contributed by atoms with van der Waals surface area (Å²) in [4.78, 5) is 23.4. The van der Waals surface area contributed by atoms with Crippen molar-refractivity contribution in [1.82, 2.24) is 19.4 Å². The van der Waals surface area contributed by atoms with E-state index in [4.69, 9.17) is 4.42 Å². The van der Waals surface area contributed by atoms with Gasteiger partial charge in [0.2, 0.25) is 11.8 Å². The van der Waals surface area contributed by atoms with Gasteiger partial charge in [0.05, 0.1) is 6.20 Å². The molecule has 1 aromatic carbocycles. The van der Waals surface area contributed by atoms with Crippen molar-refractivity contribution in [2.45, 2.75) is 45.2 Å². The molecule has 6 nitrogen and oxygen atoms in total. The fourth-order valence-corrected chi connectivity index (χ4v) is 3.72. The minimum Gasteiger partial charge on any atom is -0.443 e. The van der Waals surface area contributed by atoms with Gasteiger partial charge in [-0.05, 0) is 30.5 Å². The molecule has 1 aliphatic heterocycles. The van der Waals surface area contributed by atoms with E-state index in [2.05, 4.69) is 9.97 Å². The Morgan fingerprint density at radius 2 is 2.11 bits per heavy atom. The van der Waals surface area contributed by atoms with Crippen LogP contribution >= 0.6 is 0 Å². The SMILES string of the molecule is CCc1nccn1CC(=O)N1CCC[C@@H]1c1ncc(Cc2ccc(F)cc2)o1. The number of likely N-dealkylation sites (tertiary alicyclic amines) is 1. The van der Waals surface area contributed by atoms with Crippen molar-refractivity contribution >= 4 is 5.91 Å². The number of carbonyl (C=O) groups is 1. The van der Waals surface area contributed by atoms with Crippen LogP contribution in [0.25, 0.3) is 0 Å². The number of hydrogen-bond acceptors (Lipinski definition) is 4. The summed E-state index contributed by atoms with van der Waals surface area (Å²) in [6, 6.07) is 6.21. The van der Waals surface area contributed by atoms with Crippen LogP contribution in [-0.2, 0) is 24.2 Å². The average molecular weight is 382 g/mol. The van der Waals surface area contributed by atoms with Crippen LogP contribution in [0.2, 0.25) is 0 Å². The molecule has 0 N–H and O–H groups in total. The van der Waals surface area contributed by atoms with Crippen LogP contribution in [0.4, 0.5) is 4.39 Å². The van der Waals surface area contributed by atoms with E-state index in [1.54, 1.807) is 24.5 Å². The molecule has 28 heavy (non-hydrogen) atoms. The topological polar surface area (TPSA) is 64.2 Å². The Labute approximate surface area is 163 Å². The average Bonchev–Trinajstić information content (AvgIpc) is 3.43. The van der Waals surface area contributed by atoms with Gasteiger partial charge in [0.1, 0.15) is 30.0 Å². The van der Waals surface area contributed by atoms with E-state index in [1.807, 2.05) is 22.6 Å². The zero-order valence-corrected chi connectivity index (χ0v) is 15.8. The second kappa shape index (κ2) is 7.96. The van der Waals surface area contributed by atoms with Gasteiger partial charge in [-0.1, -0.05) is 19.1 Å². The zero-order chi connectivity index (χ0) is 19.5. The number of carbonyl (C=O) groups excluding carboxylic acids is 1. The Bertz CT molecular complexity index is 947. The van der Waals surface area contributed by atoms with Crippen LogP contribution in [0.15, 0.2) is 47.3 Å². The highest BCUT2D eigenvalue weighted by Crippen LogP contribution is 2.32. The number of benzene rings is 1. The lowest BCUT2D eigenvalue weighted by atomic mass is 10.1. The monoisotopic (exact) mass is 382 g/mol. The molecule has 1 amide bonds. The summed E-state index contributed by atoms with van der Waals surface area (Å²) < 4.78 is 20.9. The van der Waals surface area contributed by atoms with E-state index >= 15 is 0 Å². The first-order valence-electron chi connectivity index (χ1n) is 9.62. The largest absolute Gasteiger partial charge is 0.443 e. The van der Waals surface area contributed by atoms with Crippen LogP contribution in [-0.4, -0.2) is 31.9 Å². The maximum atomic E-state index is 13.1. The summed E-state index contributed by atoms with van der Waals surface area (Å²) in [6.07, 6.45) is 8.37. The summed E-state index contributed by atoms with van der Waals surface area (Å²) in [6.45, 7) is 3.01. The number of hydrogen-bond donors (Lipinski definition) is 0. The Kier molecular flexibility index (Phi) is 5.23. The van der Waals surface area contributed by atoms with Crippen LogP contribution in [0.5, 0.6) is 0 Å². The molecule has 0 aliphatic carbocycles. The van der Waals surface area contributed by atoms with Crippen molar-refractivity contribution in [3.63, 3.8) is 0 Å². The predicted molar refractivity (Wildman–Crippen MR) is 101 cm³/mol. The molecule has 0 unspecified atom stereocenters. The van der Waals surface area contributed by atoms with Crippen molar-refractivity contribution in [3.8, 4) is 0 Å². The first kappa shape index (κ1) is 18.4. The minimum atomic E-state index is -0.258. The maximum Gasteiger partial charge on any atom is 0.243 e. The Morgan fingerprint density at radius 3 is 2.89 bits per heavy atom. The van der Waals surface area contributed by atoms with Gasteiger partial charge in [0, 0.05) is 31.8 Å². The molecular formula is C21H23FN4O2. The highest BCUT2D eigenvalue weighted by Gasteiger charge is 2.33. The van der Waals surface area contributed by atoms with Crippen LogP contribution in [0.1, 0.15) is 48.8 Å². The molecule has 0 radical (unpaired) electrons. The molecule has 2 aromatic heterocycles. The summed E-state index contributed by atoms with van der Waals surface area (Å²) >= 11 is 0. The number of aryl methyl sites for hydroxylation is 1. The molecule has 1 saturated heterocycles. The van der Waals surface area contributed by atoms with Crippen molar-refractivity contribution in [3.05, 3.63) is 71.7 Å². The molecule has 0 spiro atoms. The van der Waals surface area contributed by atoms with E-state index in [-0.39, 0.29) is 24.3 Å². The lowest BCUT2D eigenvalue weighted by molar-refractivity contribution is -0.133. The van der Waals surface area contributed by atoms with Gasteiger partial charge in [0.15, 0.2) is 0 Å². The Hall–Kier alpha value is -2.96. The third-order valence-corrected chi connectivity index (χ3v) is 5.14. The third-order valence-electron chi connectivity index (χ3n) is 5.14. The second-order valence-corrected chi connectivity index (χ2v) is 7.04. The van der Waals surface area contributed by atoms with Crippen LogP contribution in [0, 0.1) is 5.82 Å². The molecule has 7 heteroatoms. The quantitative estimate of drug-likeness (QED) is 0.654. The first-order valence-corrected chi connectivity index (χ1v) is 9.62. The third kappa shape index (κ3) is 3.83. The van der Waals surface area contributed by atoms with Gasteiger partial charge in [-0.2, -0.15) is 0 Å². The summed E-state index contributed by atoms with van der Waals surface area (Å²) in [5.41, 5.74) is 0.954. The maximum absolute atomic E-state index is 13.1. The molecule has 0 saturated carbocycles. The van der Waals surface area contributed by atoms with Gasteiger partial charge in [0.25, 0.3) is 0 Å². The normalized spacial score (nSPS) is 16.6. The van der Waals surface area contributed by atoms with E-state index in [1.165, 1.54) is 12.1 Å². The van der Waals surface area contributed by atoms with Crippen LogP contribution in [0.3, 0.4) is 0 Å². The molecule has 1 atom stereocenters. The summed E-state index contributed by atoms with van der Waals surface area (Å²) in [7, 11) is 0. The van der Waals surface area contributed by atoms with Crippen LogP contribution < -0.4 is 0 Å². The van der Waals surface area contributed by atoms with Gasteiger partial charge in [-0.3, -0.25) is 4.79 Å². The number of halogens is 1. The van der Waals surface area contributed by atoms with Gasteiger partial charge < -0.3 is 13.9 Å². The molecule has 1 fully saturated rings. The van der Waals surface area contributed by atoms with E-state index in [0.29, 0.717) is 24.6 Å². The molecule has 0 bridgehead atoms. The summed E-state index contributed by atoms with van der Waals surface area (Å²) in [5.74, 6) is 1.98. The number of imidazole rings is 1. The highest BCUT2D eigenvalue weighted by molar-refractivity contribution is 5.76. The highest BCUT2D eigenvalue weighted by atomic mass is 19.1. The fraction of sp³-hybridized carbons (Fsp3) is 0.381. The van der Waals surface area contributed by atoms with Gasteiger partial charge in [-0.25, -0.2) is 14.4 Å². The molecule has 3 heterocycles. The zero-order valence-electron chi connectivity index (χ0n) is 15.8. The lowest BCUT2D eigenvalue weighted by Gasteiger charge is -2.23. The van der Waals surface area contributed by atoms with Gasteiger partial charge >= 0.3 is 0 Å². The van der Waals surface area contributed by atoms with Crippen molar-refractivity contribution in [2.24, 2.45) is 0 Å². The Morgan fingerprint density at radius 1 is 1.29 bits per heavy atom. The lowest BCUT2D eigenvalue weighted by Crippen LogP contribution is -2.33. The predicted octanol–water partition coefficient (Wildman–Crippen LogP) is 3.53. The first-order chi connectivity index (χ1) is 13.6. The number of amides is 1. The van der Waals surface area contributed by atoms with Gasteiger partial charge in [-0.15, -0.1) is 0 Å². The van der Waals surface area contributed by atoms with Crippen molar-refractivity contribution in [2.75, 3.05) is 6.54 Å². The number of nitrogens with zero attached hydrogens (tertiary/aromatic N) is 4. The second-order valence-electron chi connectivity index (χ2n) is 7.04. The molecule has 4 rings (SSSR count). The molecule has 1 aliphatic rings. The molecule has 3 aromatic rings. The minimum absolute atomic E-state index is 0.0495. The standard InChI is InChI=1S/C21H23FN4O2/c1-2-19-23-9-11-25(19)14-20(27)26-10-3-4-18(26)21-24-13-17(28-21)12-15-5-7-16(22)8-6-15/h5-9,11,13,18H,2-4,10,12,14H2,1H3/t18-/m1/s1. The van der Waals surface area contributed by atoms with E-state index in [9.17, 15) is 9.18 Å². The fourth-order valence-electron chi connectivity index (χ4n) is 3.72. The summed E-state index contributed by atoms with van der Waals surface area (Å²) in [5, 5.41) is 0. The van der Waals surface area contributed by atoms with E-state index in [0.717, 1.165) is 30.7 Å². The molecular weight excluding hydrogens is 359 g/mol.